The first-order chi connectivity index (χ1) is 9.19. The third-order valence-corrected chi connectivity index (χ3v) is 1.94. The van der Waals surface area contributed by atoms with Crippen LogP contribution in [0.3, 0.4) is 0 Å². The quantitative estimate of drug-likeness (QED) is 0.522. The van der Waals surface area contributed by atoms with Crippen LogP contribution in [0.25, 0.3) is 0 Å². The van der Waals surface area contributed by atoms with Gasteiger partial charge in [0.25, 0.3) is 0 Å². The Morgan fingerprint density at radius 3 is 2.30 bits per heavy atom. The van der Waals surface area contributed by atoms with Crippen molar-refractivity contribution in [3.63, 3.8) is 0 Å². The number of hydrogen-bond donors (Lipinski definition) is 2. The van der Waals surface area contributed by atoms with Gasteiger partial charge < -0.3 is 24.6 Å². The van der Waals surface area contributed by atoms with Gasteiger partial charge in [-0.2, -0.15) is 0 Å². The molecule has 0 rings (SSSR count). The molecule has 0 spiro atoms. The first-order valence-corrected chi connectivity index (χ1v) is 6.04. The Balaban J connectivity index is 4.23. The summed E-state index contributed by atoms with van der Waals surface area (Å²) in [6.07, 6.45) is -1.82. The van der Waals surface area contributed by atoms with Crippen LogP contribution in [0, 0.1) is 0 Å². The first-order valence-electron chi connectivity index (χ1n) is 6.04. The molecule has 1 atom stereocenters. The van der Waals surface area contributed by atoms with Gasteiger partial charge in [0, 0.05) is 13.0 Å². The van der Waals surface area contributed by atoms with E-state index in [9.17, 15) is 14.4 Å². The lowest BCUT2D eigenvalue weighted by Gasteiger charge is -2.20. The largest absolute Gasteiger partial charge is 0.466 e. The van der Waals surface area contributed by atoms with E-state index in [0.717, 1.165) is 7.11 Å². The zero-order valence-corrected chi connectivity index (χ0v) is 12.1. The highest BCUT2D eigenvalue weighted by Crippen LogP contribution is 2.07. The maximum atomic E-state index is 11.4. The fourth-order valence-corrected chi connectivity index (χ4v) is 1.17. The minimum atomic E-state index is -1.19. The Bertz CT molecular complexity index is 348. The number of rotatable bonds is 6. The predicted octanol–water partition coefficient (Wildman–Crippen LogP) is -0.0217. The average Bonchev–Trinajstić information content (AvgIpc) is 2.34. The van der Waals surface area contributed by atoms with E-state index in [0.29, 0.717) is 0 Å². The molecule has 0 aliphatic rings. The van der Waals surface area contributed by atoms with Crippen molar-refractivity contribution >= 4 is 18.0 Å². The highest BCUT2D eigenvalue weighted by atomic mass is 16.6. The van der Waals surface area contributed by atoms with Gasteiger partial charge in [-0.3, -0.25) is 0 Å². The molecule has 8 heteroatoms. The molecule has 0 heterocycles. The molecule has 0 fully saturated rings. The minimum absolute atomic E-state index is 0.0116. The molecule has 0 aliphatic heterocycles. The van der Waals surface area contributed by atoms with Crippen molar-refractivity contribution in [3.05, 3.63) is 0 Å². The molecule has 0 aromatic rings. The van der Waals surface area contributed by atoms with Crippen molar-refractivity contribution in [1.82, 2.24) is 5.32 Å². The van der Waals surface area contributed by atoms with E-state index in [-0.39, 0.29) is 13.0 Å². The topological polar surface area (TPSA) is 111 Å². The van der Waals surface area contributed by atoms with E-state index in [2.05, 4.69) is 14.8 Å². The summed E-state index contributed by atoms with van der Waals surface area (Å²) >= 11 is 0. The van der Waals surface area contributed by atoms with E-state index in [1.54, 1.807) is 20.8 Å². The van der Waals surface area contributed by atoms with Crippen LogP contribution in [0.4, 0.5) is 4.79 Å². The van der Waals surface area contributed by atoms with Gasteiger partial charge >= 0.3 is 18.0 Å². The molecule has 0 aromatic heterocycles. The molecule has 0 aliphatic carbocycles. The van der Waals surface area contributed by atoms with Crippen LogP contribution in [-0.4, -0.2) is 55.1 Å². The van der Waals surface area contributed by atoms with Gasteiger partial charge in [0.05, 0.1) is 7.11 Å². The molecule has 2 N–H and O–H groups in total. The number of methoxy groups -OCH3 is 1. The number of esters is 2. The summed E-state index contributed by atoms with van der Waals surface area (Å²) in [5.74, 6) is -1.71. The summed E-state index contributed by atoms with van der Waals surface area (Å²) in [4.78, 5) is 33.6. The van der Waals surface area contributed by atoms with Gasteiger partial charge in [0.2, 0.25) is 6.10 Å². The number of aliphatic hydroxyl groups is 1. The van der Waals surface area contributed by atoms with Crippen molar-refractivity contribution in [2.45, 2.75) is 38.9 Å². The number of alkyl carbamates (subject to hydrolysis) is 1. The van der Waals surface area contributed by atoms with E-state index in [4.69, 9.17) is 9.84 Å². The molecule has 8 nitrogen and oxygen atoms in total. The normalized spacial score (nSPS) is 12.2. The Labute approximate surface area is 117 Å². The molecule has 20 heavy (non-hydrogen) atoms. The predicted molar refractivity (Wildman–Crippen MR) is 67.8 cm³/mol. The second kappa shape index (κ2) is 8.36. The summed E-state index contributed by atoms with van der Waals surface area (Å²) < 4.78 is 14.1. The van der Waals surface area contributed by atoms with E-state index >= 15 is 0 Å². The van der Waals surface area contributed by atoms with Crippen LogP contribution < -0.4 is 5.32 Å². The Hall–Kier alpha value is -1.83. The number of amides is 1. The lowest BCUT2D eigenvalue weighted by Crippen LogP contribution is -2.37. The standard InChI is InChI=1S/C12H21NO7/c1-12(2,3)20-11(17)13-6-5-8(10(16)18-4)19-9(15)7-14/h8,14H,5-7H2,1-4H3,(H,13,17)/t8-/m0/s1. The maximum absolute atomic E-state index is 11.4. The molecule has 0 radical (unpaired) electrons. The lowest BCUT2D eigenvalue weighted by molar-refractivity contribution is -0.168. The van der Waals surface area contributed by atoms with Crippen molar-refractivity contribution in [1.29, 1.82) is 0 Å². The van der Waals surface area contributed by atoms with E-state index in [1.165, 1.54) is 0 Å². The van der Waals surface area contributed by atoms with Crippen LogP contribution in [0.15, 0.2) is 0 Å². The monoisotopic (exact) mass is 291 g/mol. The highest BCUT2D eigenvalue weighted by molar-refractivity contribution is 5.79. The molecular weight excluding hydrogens is 270 g/mol. The third kappa shape index (κ3) is 8.30. The van der Waals surface area contributed by atoms with Crippen molar-refractivity contribution in [2.75, 3.05) is 20.3 Å². The van der Waals surface area contributed by atoms with Crippen LogP contribution >= 0.6 is 0 Å². The first kappa shape index (κ1) is 18.2. The van der Waals surface area contributed by atoms with Crippen LogP contribution in [-0.2, 0) is 23.8 Å². The molecule has 0 unspecified atom stereocenters. The molecule has 1 amide bonds. The Kier molecular flexibility index (Phi) is 7.60. The summed E-state index contributed by atoms with van der Waals surface area (Å²) in [5, 5.41) is 11.0. The van der Waals surface area contributed by atoms with Gasteiger partial charge in [-0.15, -0.1) is 0 Å². The molecule has 116 valence electrons. The summed E-state index contributed by atoms with van der Waals surface area (Å²) in [5.41, 5.74) is -0.630. The van der Waals surface area contributed by atoms with Crippen LogP contribution in [0.1, 0.15) is 27.2 Å². The number of carbonyl (C=O) groups is 3. The Morgan fingerprint density at radius 1 is 1.25 bits per heavy atom. The van der Waals surface area contributed by atoms with Gasteiger partial charge in [-0.25, -0.2) is 14.4 Å². The van der Waals surface area contributed by atoms with Crippen molar-refractivity contribution in [3.8, 4) is 0 Å². The second-order valence-electron chi connectivity index (χ2n) is 4.88. The average molecular weight is 291 g/mol. The van der Waals surface area contributed by atoms with Crippen LogP contribution in [0.5, 0.6) is 0 Å². The maximum Gasteiger partial charge on any atom is 0.407 e. The fraction of sp³-hybridized carbons (Fsp3) is 0.750. The molecular formula is C12H21NO7. The Morgan fingerprint density at radius 2 is 1.85 bits per heavy atom. The summed E-state index contributed by atoms with van der Waals surface area (Å²) in [6.45, 7) is 4.35. The smallest absolute Gasteiger partial charge is 0.407 e. The van der Waals surface area contributed by atoms with E-state index < -0.39 is 36.3 Å². The zero-order valence-electron chi connectivity index (χ0n) is 12.1. The van der Waals surface area contributed by atoms with Crippen molar-refractivity contribution in [2.24, 2.45) is 0 Å². The third-order valence-electron chi connectivity index (χ3n) is 1.94. The van der Waals surface area contributed by atoms with Crippen LogP contribution in [0.2, 0.25) is 0 Å². The number of ether oxygens (including phenoxy) is 3. The molecule has 0 saturated carbocycles. The van der Waals surface area contributed by atoms with Gasteiger partial charge in [-0.1, -0.05) is 0 Å². The summed E-state index contributed by atoms with van der Waals surface area (Å²) in [7, 11) is 1.14. The van der Waals surface area contributed by atoms with Gasteiger partial charge in [0.15, 0.2) is 0 Å². The lowest BCUT2D eigenvalue weighted by atomic mass is 10.2. The molecule has 0 bridgehead atoms. The SMILES string of the molecule is COC(=O)[C@H](CCNC(=O)OC(C)(C)C)OC(=O)CO. The second-order valence-corrected chi connectivity index (χ2v) is 4.88. The molecule has 0 saturated heterocycles. The highest BCUT2D eigenvalue weighted by Gasteiger charge is 2.24. The fourth-order valence-electron chi connectivity index (χ4n) is 1.17. The number of aliphatic hydroxyl groups excluding tert-OH is 1. The molecule has 0 aromatic carbocycles. The van der Waals surface area contributed by atoms with Gasteiger partial charge in [-0.05, 0) is 20.8 Å². The number of hydrogen-bond acceptors (Lipinski definition) is 7. The van der Waals surface area contributed by atoms with E-state index in [1.807, 2.05) is 0 Å². The number of nitrogens with one attached hydrogen (secondary N) is 1. The summed E-state index contributed by atoms with van der Waals surface area (Å²) in [6, 6.07) is 0. The van der Waals surface area contributed by atoms with Gasteiger partial charge in [0.1, 0.15) is 12.2 Å². The minimum Gasteiger partial charge on any atom is -0.466 e. The van der Waals surface area contributed by atoms with Crippen molar-refractivity contribution < 1.29 is 33.7 Å². The number of carbonyl (C=O) groups excluding carboxylic acids is 3. The zero-order chi connectivity index (χ0) is 15.8.